The molecule has 0 aliphatic carbocycles. The minimum Gasteiger partial charge on any atom is -0.496 e. The molecule has 0 saturated carbocycles. The molecule has 0 N–H and O–H groups in total. The Morgan fingerprint density at radius 2 is 1.70 bits per heavy atom. The fourth-order valence-electron chi connectivity index (χ4n) is 1.99. The lowest BCUT2D eigenvalue weighted by atomic mass is 10.1. The van der Waals surface area contributed by atoms with E-state index in [4.69, 9.17) is 42.1 Å². The van der Waals surface area contributed by atoms with Crippen LogP contribution < -0.4 is 14.2 Å². The van der Waals surface area contributed by atoms with Crippen LogP contribution in [0.25, 0.3) is 10.8 Å². The summed E-state index contributed by atoms with van der Waals surface area (Å²) in [6.45, 7) is 0.0663. The molecule has 0 saturated heterocycles. The van der Waals surface area contributed by atoms with Gasteiger partial charge in [0.25, 0.3) is 0 Å². The highest BCUT2D eigenvalue weighted by Gasteiger charge is 2.19. The zero-order valence-corrected chi connectivity index (χ0v) is 12.8. The van der Waals surface area contributed by atoms with Gasteiger partial charge in [0, 0.05) is 18.6 Å². The van der Waals surface area contributed by atoms with E-state index in [-0.39, 0.29) is 6.79 Å². The minimum absolute atomic E-state index is 0.0663. The Morgan fingerprint density at radius 1 is 0.950 bits per heavy atom. The van der Waals surface area contributed by atoms with Crippen LogP contribution in [0, 0.1) is 0 Å². The molecule has 6 heteroatoms. The van der Waals surface area contributed by atoms with Gasteiger partial charge in [-0.05, 0) is 12.1 Å². The van der Waals surface area contributed by atoms with Crippen LogP contribution in [0.15, 0.2) is 18.2 Å². The van der Waals surface area contributed by atoms with Crippen molar-refractivity contribution in [3.05, 3.63) is 28.2 Å². The number of fused-ring (bicyclic) bond motifs is 1. The summed E-state index contributed by atoms with van der Waals surface area (Å²) in [7, 11) is 4.64. The molecule has 0 fully saturated rings. The lowest BCUT2D eigenvalue weighted by Crippen LogP contribution is -2.01. The third-order valence-electron chi connectivity index (χ3n) is 2.82. The number of ether oxygens (including phenoxy) is 4. The molecule has 4 nitrogen and oxygen atoms in total. The first-order chi connectivity index (χ1) is 9.63. The number of methoxy groups -OCH3 is 3. The average molecular weight is 317 g/mol. The Bertz CT molecular complexity index is 628. The predicted octanol–water partition coefficient (Wildman–Crippen LogP) is 4.15. The van der Waals surface area contributed by atoms with Gasteiger partial charge in [0.05, 0.1) is 29.7 Å². The molecule has 2 rings (SSSR count). The van der Waals surface area contributed by atoms with Crippen molar-refractivity contribution in [2.45, 2.75) is 0 Å². The lowest BCUT2D eigenvalue weighted by molar-refractivity contribution is 0.0522. The maximum Gasteiger partial charge on any atom is 0.188 e. The largest absolute Gasteiger partial charge is 0.496 e. The van der Waals surface area contributed by atoms with E-state index in [0.29, 0.717) is 32.7 Å². The second-order valence-electron chi connectivity index (χ2n) is 3.94. The van der Waals surface area contributed by atoms with Gasteiger partial charge in [-0.25, -0.2) is 0 Å². The SMILES string of the molecule is COCOc1c(Cl)ccc2c(OC)cc(Cl)c(OC)c12. The Morgan fingerprint density at radius 3 is 2.30 bits per heavy atom. The van der Waals surface area contributed by atoms with Crippen LogP contribution >= 0.6 is 23.2 Å². The molecule has 20 heavy (non-hydrogen) atoms. The van der Waals surface area contributed by atoms with Crippen LogP contribution in [-0.4, -0.2) is 28.1 Å². The summed E-state index contributed by atoms with van der Waals surface area (Å²) in [5.74, 6) is 1.55. The van der Waals surface area contributed by atoms with E-state index in [9.17, 15) is 0 Å². The fraction of sp³-hybridized carbons (Fsp3) is 0.286. The second-order valence-corrected chi connectivity index (χ2v) is 4.76. The summed E-state index contributed by atoms with van der Waals surface area (Å²) in [6, 6.07) is 5.25. The standard InChI is InChI=1S/C14H14Cl2O4/c1-17-7-20-14-9(15)5-4-8-11(18-2)6-10(16)13(19-3)12(8)14/h4-6H,7H2,1-3H3. The fourth-order valence-corrected chi connectivity index (χ4v) is 2.48. The molecule has 0 aliphatic rings. The highest BCUT2D eigenvalue weighted by molar-refractivity contribution is 6.36. The van der Waals surface area contributed by atoms with Gasteiger partial charge in [0.1, 0.15) is 11.5 Å². The highest BCUT2D eigenvalue weighted by atomic mass is 35.5. The van der Waals surface area contributed by atoms with Gasteiger partial charge in [0.2, 0.25) is 0 Å². The van der Waals surface area contributed by atoms with Crippen molar-refractivity contribution in [3.8, 4) is 17.2 Å². The van der Waals surface area contributed by atoms with E-state index < -0.39 is 0 Å². The number of benzene rings is 2. The van der Waals surface area contributed by atoms with Gasteiger partial charge in [-0.3, -0.25) is 0 Å². The van der Waals surface area contributed by atoms with Gasteiger partial charge >= 0.3 is 0 Å². The Labute approximate surface area is 127 Å². The second kappa shape index (κ2) is 6.39. The Hall–Kier alpha value is -1.36. The molecule has 0 radical (unpaired) electrons. The van der Waals surface area contributed by atoms with Gasteiger partial charge in [0.15, 0.2) is 12.5 Å². The van der Waals surface area contributed by atoms with Gasteiger partial charge in [-0.1, -0.05) is 23.2 Å². The van der Waals surface area contributed by atoms with E-state index in [2.05, 4.69) is 0 Å². The van der Waals surface area contributed by atoms with Crippen LogP contribution in [0.2, 0.25) is 10.0 Å². The summed E-state index contributed by atoms with van der Waals surface area (Å²) in [5.41, 5.74) is 0. The first-order valence-corrected chi connectivity index (χ1v) is 6.54. The van der Waals surface area contributed by atoms with Gasteiger partial charge in [-0.15, -0.1) is 0 Å². The molecule has 0 heterocycles. The van der Waals surface area contributed by atoms with Crippen molar-refractivity contribution in [1.29, 1.82) is 0 Å². The zero-order chi connectivity index (χ0) is 14.7. The van der Waals surface area contributed by atoms with Crippen molar-refractivity contribution in [3.63, 3.8) is 0 Å². The third-order valence-corrected chi connectivity index (χ3v) is 3.40. The quantitative estimate of drug-likeness (QED) is 0.777. The molecule has 0 aromatic heterocycles. The Balaban J connectivity index is 2.81. The maximum absolute atomic E-state index is 6.21. The summed E-state index contributed by atoms with van der Waals surface area (Å²) in [4.78, 5) is 0. The van der Waals surface area contributed by atoms with Crippen LogP contribution in [0.4, 0.5) is 0 Å². The number of hydrogen-bond acceptors (Lipinski definition) is 4. The van der Waals surface area contributed by atoms with Gasteiger partial charge in [-0.2, -0.15) is 0 Å². The third kappa shape index (κ3) is 2.59. The van der Waals surface area contributed by atoms with E-state index in [1.54, 1.807) is 19.2 Å². The molecular formula is C14H14Cl2O4. The van der Waals surface area contributed by atoms with Crippen LogP contribution in [0.1, 0.15) is 0 Å². The monoisotopic (exact) mass is 316 g/mol. The Kier molecular flexibility index (Phi) is 4.81. The minimum atomic E-state index is 0.0663. The summed E-state index contributed by atoms with van der Waals surface area (Å²) in [6.07, 6.45) is 0. The number of halogens is 2. The molecule has 2 aromatic rings. The molecule has 0 spiro atoms. The topological polar surface area (TPSA) is 36.9 Å². The number of rotatable bonds is 5. The molecule has 0 atom stereocenters. The van der Waals surface area contributed by atoms with E-state index >= 15 is 0 Å². The van der Waals surface area contributed by atoms with Crippen LogP contribution in [0.5, 0.6) is 17.2 Å². The van der Waals surface area contributed by atoms with Crippen molar-refractivity contribution < 1.29 is 18.9 Å². The molecule has 108 valence electrons. The maximum atomic E-state index is 6.21. The predicted molar refractivity (Wildman–Crippen MR) is 79.6 cm³/mol. The molecular weight excluding hydrogens is 303 g/mol. The van der Waals surface area contributed by atoms with Crippen molar-refractivity contribution in [1.82, 2.24) is 0 Å². The van der Waals surface area contributed by atoms with Crippen molar-refractivity contribution >= 4 is 34.0 Å². The molecule has 0 bridgehead atoms. The molecule has 2 aromatic carbocycles. The van der Waals surface area contributed by atoms with Crippen LogP contribution in [-0.2, 0) is 4.74 Å². The zero-order valence-electron chi connectivity index (χ0n) is 11.3. The average Bonchev–Trinajstić information content (AvgIpc) is 2.45. The van der Waals surface area contributed by atoms with Crippen LogP contribution in [0.3, 0.4) is 0 Å². The summed E-state index contributed by atoms with van der Waals surface area (Å²) in [5, 5.41) is 2.31. The highest BCUT2D eigenvalue weighted by Crippen LogP contribution is 2.46. The van der Waals surface area contributed by atoms with Gasteiger partial charge < -0.3 is 18.9 Å². The van der Waals surface area contributed by atoms with Crippen molar-refractivity contribution in [2.24, 2.45) is 0 Å². The number of hydrogen-bond donors (Lipinski definition) is 0. The van der Waals surface area contributed by atoms with E-state index in [1.807, 2.05) is 6.07 Å². The normalized spacial score (nSPS) is 10.7. The lowest BCUT2D eigenvalue weighted by Gasteiger charge is -2.16. The summed E-state index contributed by atoms with van der Waals surface area (Å²) < 4.78 is 21.2. The first kappa shape index (κ1) is 15.0. The summed E-state index contributed by atoms with van der Waals surface area (Å²) >= 11 is 12.4. The van der Waals surface area contributed by atoms with E-state index in [1.165, 1.54) is 14.2 Å². The van der Waals surface area contributed by atoms with Crippen molar-refractivity contribution in [2.75, 3.05) is 28.1 Å². The molecule has 0 unspecified atom stereocenters. The molecule has 0 aliphatic heterocycles. The van der Waals surface area contributed by atoms with E-state index in [0.717, 1.165) is 5.39 Å². The molecule has 0 amide bonds. The first-order valence-electron chi connectivity index (χ1n) is 5.78. The smallest absolute Gasteiger partial charge is 0.188 e.